The second-order valence-corrected chi connectivity index (χ2v) is 8.74. The standard InChI is InChI=1S/C17H13FN6S.C6H12O/c18-12-4-11(6-20-7-12)14-8-21-9-16(23-14)22-5-10-1-2-13-15(3-10)25-17(19)24-13;7-6-4-2-1-3-5-6/h1-4,6-9H,5H2,(H2,19,24)(H,22,23);6-7H,1-5H2. The molecule has 32 heavy (non-hydrogen) atoms. The molecule has 0 saturated heterocycles. The molecule has 1 aliphatic carbocycles. The van der Waals surface area contributed by atoms with E-state index < -0.39 is 5.82 Å². The lowest BCUT2D eigenvalue weighted by atomic mass is 9.98. The number of benzene rings is 1. The zero-order valence-corrected chi connectivity index (χ0v) is 18.4. The SMILES string of the molecule is Nc1nc2ccc(CNc3cncc(-c4cncc(F)c4)n3)cc2s1.OC1CCCCC1. The van der Waals surface area contributed by atoms with E-state index in [1.54, 1.807) is 18.6 Å². The summed E-state index contributed by atoms with van der Waals surface area (Å²) in [5, 5.41) is 12.7. The fourth-order valence-corrected chi connectivity index (χ4v) is 4.31. The van der Waals surface area contributed by atoms with Crippen molar-refractivity contribution in [3.8, 4) is 11.3 Å². The van der Waals surface area contributed by atoms with Gasteiger partial charge in [-0.1, -0.05) is 36.7 Å². The Bertz CT molecular complexity index is 1180. The normalized spacial score (nSPS) is 14.1. The van der Waals surface area contributed by atoms with E-state index in [1.807, 2.05) is 18.2 Å². The predicted octanol–water partition coefficient (Wildman–Crippen LogP) is 4.79. The van der Waals surface area contributed by atoms with Crippen LogP contribution in [0.1, 0.15) is 37.7 Å². The number of nitrogens with zero attached hydrogens (tertiary/aromatic N) is 4. The minimum Gasteiger partial charge on any atom is -0.393 e. The first kappa shape index (κ1) is 22.0. The van der Waals surface area contributed by atoms with E-state index in [9.17, 15) is 4.39 Å². The maximum Gasteiger partial charge on any atom is 0.181 e. The summed E-state index contributed by atoms with van der Waals surface area (Å²) in [7, 11) is 0. The summed E-state index contributed by atoms with van der Waals surface area (Å²) >= 11 is 1.46. The van der Waals surface area contributed by atoms with Crippen molar-refractivity contribution in [2.75, 3.05) is 11.1 Å². The summed E-state index contributed by atoms with van der Waals surface area (Å²) in [5.41, 5.74) is 8.84. The first-order valence-corrected chi connectivity index (χ1v) is 11.4. The van der Waals surface area contributed by atoms with Crippen LogP contribution in [0.4, 0.5) is 15.3 Å². The molecule has 0 radical (unpaired) electrons. The minimum absolute atomic E-state index is 0.0359. The highest BCUT2D eigenvalue weighted by Gasteiger charge is 2.08. The lowest BCUT2D eigenvalue weighted by molar-refractivity contribution is 0.130. The molecule has 5 rings (SSSR count). The molecular formula is C23H25FN6OS. The minimum atomic E-state index is -0.408. The van der Waals surface area contributed by atoms with Crippen LogP contribution in [-0.2, 0) is 6.54 Å². The molecule has 9 heteroatoms. The van der Waals surface area contributed by atoms with E-state index in [-0.39, 0.29) is 6.10 Å². The summed E-state index contributed by atoms with van der Waals surface area (Å²) < 4.78 is 14.4. The van der Waals surface area contributed by atoms with Crippen molar-refractivity contribution in [2.45, 2.75) is 44.8 Å². The van der Waals surface area contributed by atoms with Crippen LogP contribution in [0.25, 0.3) is 21.5 Å². The Morgan fingerprint density at radius 1 is 1.03 bits per heavy atom. The average molecular weight is 453 g/mol. The topological polar surface area (TPSA) is 110 Å². The van der Waals surface area contributed by atoms with Crippen LogP contribution in [0, 0.1) is 5.82 Å². The molecule has 1 aliphatic rings. The van der Waals surface area contributed by atoms with E-state index in [0.29, 0.717) is 28.8 Å². The third-order valence-corrected chi connectivity index (χ3v) is 6.00. The molecule has 4 aromatic rings. The molecule has 0 bridgehead atoms. The number of hydrogen-bond donors (Lipinski definition) is 3. The number of aliphatic hydroxyl groups excluding tert-OH is 1. The molecule has 3 aromatic heterocycles. The van der Waals surface area contributed by atoms with E-state index >= 15 is 0 Å². The maximum atomic E-state index is 13.3. The van der Waals surface area contributed by atoms with Crippen molar-refractivity contribution in [3.63, 3.8) is 0 Å². The Balaban J connectivity index is 0.000000300. The largest absolute Gasteiger partial charge is 0.393 e. The van der Waals surface area contributed by atoms with Crippen molar-refractivity contribution in [3.05, 3.63) is 60.4 Å². The molecular weight excluding hydrogens is 427 g/mol. The number of nitrogen functional groups attached to an aromatic ring is 1. The van der Waals surface area contributed by atoms with Crippen LogP contribution in [0.3, 0.4) is 0 Å². The fourth-order valence-electron chi connectivity index (χ4n) is 3.51. The summed E-state index contributed by atoms with van der Waals surface area (Å²) in [5.74, 6) is 0.195. The fraction of sp³-hybridized carbons (Fsp3) is 0.304. The number of nitrogens with one attached hydrogen (secondary N) is 1. The number of halogens is 1. The Labute approximate surface area is 189 Å². The van der Waals surface area contributed by atoms with E-state index in [4.69, 9.17) is 10.8 Å². The van der Waals surface area contributed by atoms with Crippen LogP contribution in [0.2, 0.25) is 0 Å². The first-order chi connectivity index (χ1) is 15.6. The summed E-state index contributed by atoms with van der Waals surface area (Å²) in [6, 6.07) is 7.36. The van der Waals surface area contributed by atoms with Gasteiger partial charge in [-0.2, -0.15) is 0 Å². The van der Waals surface area contributed by atoms with Gasteiger partial charge in [-0.3, -0.25) is 9.97 Å². The molecule has 0 amide bonds. The maximum absolute atomic E-state index is 13.3. The molecule has 4 N–H and O–H groups in total. The number of pyridine rings is 1. The van der Waals surface area contributed by atoms with Crippen LogP contribution in [0.5, 0.6) is 0 Å². The number of fused-ring (bicyclic) bond motifs is 1. The van der Waals surface area contributed by atoms with Gasteiger partial charge in [0.25, 0.3) is 0 Å². The van der Waals surface area contributed by atoms with Gasteiger partial charge >= 0.3 is 0 Å². The Morgan fingerprint density at radius 2 is 1.84 bits per heavy atom. The van der Waals surface area contributed by atoms with Gasteiger partial charge in [0.15, 0.2) is 5.13 Å². The summed E-state index contributed by atoms with van der Waals surface area (Å²) in [4.78, 5) is 16.7. The van der Waals surface area contributed by atoms with Crippen LogP contribution >= 0.6 is 11.3 Å². The summed E-state index contributed by atoms with van der Waals surface area (Å²) in [6.45, 7) is 0.577. The highest BCUT2D eigenvalue weighted by atomic mass is 32.1. The number of aliphatic hydroxyl groups is 1. The molecule has 1 aromatic carbocycles. The number of hydrogen-bond acceptors (Lipinski definition) is 8. The second kappa shape index (κ2) is 10.4. The van der Waals surface area contributed by atoms with Crippen LogP contribution in [-0.4, -0.2) is 31.1 Å². The number of aromatic nitrogens is 4. The lowest BCUT2D eigenvalue weighted by Crippen LogP contribution is -2.09. The van der Waals surface area contributed by atoms with Crippen molar-refractivity contribution in [1.29, 1.82) is 0 Å². The van der Waals surface area contributed by atoms with Gasteiger partial charge in [-0.05, 0) is 36.6 Å². The van der Waals surface area contributed by atoms with E-state index in [1.165, 1.54) is 36.7 Å². The Hall–Kier alpha value is -3.17. The molecule has 0 aliphatic heterocycles. The molecule has 1 fully saturated rings. The van der Waals surface area contributed by atoms with E-state index in [2.05, 4.69) is 25.3 Å². The van der Waals surface area contributed by atoms with Crippen LogP contribution < -0.4 is 11.1 Å². The Kier molecular flexibility index (Phi) is 7.18. The summed E-state index contributed by atoms with van der Waals surface area (Å²) in [6.07, 6.45) is 11.8. The van der Waals surface area contributed by atoms with Gasteiger partial charge in [0.1, 0.15) is 11.6 Å². The molecule has 0 spiro atoms. The van der Waals surface area contributed by atoms with Crippen LogP contribution in [0.15, 0.2) is 49.1 Å². The predicted molar refractivity (Wildman–Crippen MR) is 126 cm³/mol. The van der Waals surface area contributed by atoms with Gasteiger partial charge in [-0.15, -0.1) is 0 Å². The third-order valence-electron chi connectivity index (χ3n) is 5.15. The Morgan fingerprint density at radius 3 is 2.59 bits per heavy atom. The number of thiazole rings is 1. The van der Waals surface area contributed by atoms with Crippen molar-refractivity contribution in [2.24, 2.45) is 0 Å². The van der Waals surface area contributed by atoms with Gasteiger partial charge in [0.05, 0.1) is 40.6 Å². The smallest absolute Gasteiger partial charge is 0.181 e. The molecule has 1 saturated carbocycles. The number of nitrogens with two attached hydrogens (primary N) is 1. The van der Waals surface area contributed by atoms with Crippen molar-refractivity contribution < 1.29 is 9.50 Å². The highest BCUT2D eigenvalue weighted by molar-refractivity contribution is 7.22. The second-order valence-electron chi connectivity index (χ2n) is 7.68. The van der Waals surface area contributed by atoms with Crippen molar-refractivity contribution >= 4 is 32.5 Å². The lowest BCUT2D eigenvalue weighted by Gasteiger charge is -2.14. The van der Waals surface area contributed by atoms with Crippen molar-refractivity contribution in [1.82, 2.24) is 19.9 Å². The highest BCUT2D eigenvalue weighted by Crippen LogP contribution is 2.25. The zero-order valence-electron chi connectivity index (χ0n) is 17.5. The quantitative estimate of drug-likeness (QED) is 0.408. The molecule has 0 unspecified atom stereocenters. The van der Waals surface area contributed by atoms with Gasteiger partial charge in [0, 0.05) is 18.3 Å². The monoisotopic (exact) mass is 452 g/mol. The van der Waals surface area contributed by atoms with Gasteiger partial charge < -0.3 is 16.2 Å². The average Bonchev–Trinajstić information content (AvgIpc) is 3.18. The van der Waals surface area contributed by atoms with E-state index in [0.717, 1.165) is 34.8 Å². The third kappa shape index (κ3) is 5.95. The molecule has 166 valence electrons. The van der Waals surface area contributed by atoms with Gasteiger partial charge in [-0.25, -0.2) is 14.4 Å². The number of rotatable bonds is 4. The zero-order chi connectivity index (χ0) is 22.3. The molecule has 3 heterocycles. The molecule has 7 nitrogen and oxygen atoms in total. The first-order valence-electron chi connectivity index (χ1n) is 10.6. The van der Waals surface area contributed by atoms with Gasteiger partial charge in [0.2, 0.25) is 0 Å². The molecule has 0 atom stereocenters. The number of anilines is 2.